The first kappa shape index (κ1) is 12.4. The Balaban J connectivity index is 1.89. The molecule has 0 spiro atoms. The van der Waals surface area contributed by atoms with E-state index in [0.29, 0.717) is 11.5 Å². The Bertz CT molecular complexity index is 772. The highest BCUT2D eigenvalue weighted by Crippen LogP contribution is 2.20. The normalized spacial score (nSPS) is 10.7. The maximum absolute atomic E-state index is 11.2. The second kappa shape index (κ2) is 4.81. The van der Waals surface area contributed by atoms with Gasteiger partial charge in [-0.3, -0.25) is 4.79 Å². The fraction of sp³-hybridized carbons (Fsp3) is 0.125. The fourth-order valence-electron chi connectivity index (χ4n) is 2.16. The molecule has 20 heavy (non-hydrogen) atoms. The third-order valence-electron chi connectivity index (χ3n) is 3.27. The van der Waals surface area contributed by atoms with E-state index in [9.17, 15) is 4.79 Å². The molecule has 0 radical (unpaired) electrons. The molecule has 0 fully saturated rings. The van der Waals surface area contributed by atoms with Crippen LogP contribution in [0.1, 0.15) is 22.8 Å². The molecule has 4 heteroatoms. The predicted octanol–water partition coefficient (Wildman–Crippen LogP) is 3.82. The number of aryl methyl sites for hydroxylation is 1. The zero-order chi connectivity index (χ0) is 14.1. The minimum Gasteiger partial charge on any atom is -0.326 e. The first-order valence-electron chi connectivity index (χ1n) is 6.47. The Morgan fingerprint density at radius 1 is 1.15 bits per heavy atom. The first-order valence-corrected chi connectivity index (χ1v) is 6.47. The van der Waals surface area contributed by atoms with E-state index in [0.717, 1.165) is 22.3 Å². The third kappa shape index (κ3) is 2.28. The summed E-state index contributed by atoms with van der Waals surface area (Å²) in [6.45, 7) is 3.60. The molecule has 0 bridgehead atoms. The summed E-state index contributed by atoms with van der Waals surface area (Å²) in [4.78, 5) is 19.0. The second-order valence-electron chi connectivity index (χ2n) is 4.82. The Morgan fingerprint density at radius 3 is 2.55 bits per heavy atom. The molecule has 0 atom stereocenters. The number of hydrogen-bond donors (Lipinski definition) is 2. The molecule has 1 aromatic heterocycles. The van der Waals surface area contributed by atoms with Gasteiger partial charge in [0.1, 0.15) is 0 Å². The largest absolute Gasteiger partial charge is 0.326 e. The van der Waals surface area contributed by atoms with Gasteiger partial charge < -0.3 is 10.3 Å². The second-order valence-corrected chi connectivity index (χ2v) is 4.82. The van der Waals surface area contributed by atoms with E-state index in [4.69, 9.17) is 0 Å². The molecule has 2 aromatic carbocycles. The molecule has 0 aliphatic rings. The molecule has 0 aliphatic carbocycles. The van der Waals surface area contributed by atoms with Crippen molar-refractivity contribution >= 4 is 28.5 Å². The van der Waals surface area contributed by atoms with Crippen molar-refractivity contribution in [1.29, 1.82) is 0 Å². The molecular weight excluding hydrogens is 250 g/mol. The topological polar surface area (TPSA) is 57.8 Å². The van der Waals surface area contributed by atoms with Gasteiger partial charge in [0.05, 0.1) is 11.0 Å². The zero-order valence-corrected chi connectivity index (χ0v) is 11.4. The number of anilines is 2. The van der Waals surface area contributed by atoms with Crippen molar-refractivity contribution in [3.63, 3.8) is 0 Å². The molecule has 0 amide bonds. The number of nitrogens with zero attached hydrogens (tertiary/aromatic N) is 1. The number of H-pyrrole nitrogens is 1. The predicted molar refractivity (Wildman–Crippen MR) is 80.6 cm³/mol. The highest BCUT2D eigenvalue weighted by atomic mass is 16.1. The van der Waals surface area contributed by atoms with Gasteiger partial charge in [0.15, 0.2) is 5.78 Å². The molecule has 3 aromatic rings. The lowest BCUT2D eigenvalue weighted by Gasteiger charge is -2.03. The van der Waals surface area contributed by atoms with Gasteiger partial charge in [0.25, 0.3) is 0 Å². The minimum atomic E-state index is 0.0657. The fourth-order valence-corrected chi connectivity index (χ4v) is 2.16. The van der Waals surface area contributed by atoms with Crippen LogP contribution in [0.25, 0.3) is 11.0 Å². The summed E-state index contributed by atoms with van der Waals surface area (Å²) in [5.74, 6) is 0.765. The highest BCUT2D eigenvalue weighted by Gasteiger charge is 2.05. The van der Waals surface area contributed by atoms with Crippen LogP contribution in [0.4, 0.5) is 11.6 Å². The lowest BCUT2D eigenvalue weighted by Crippen LogP contribution is -1.95. The van der Waals surface area contributed by atoms with E-state index >= 15 is 0 Å². The number of para-hydroxylation sites is 1. The van der Waals surface area contributed by atoms with E-state index in [1.54, 1.807) is 19.1 Å². The molecule has 1 heterocycles. The number of hydrogen-bond acceptors (Lipinski definition) is 3. The number of aromatic amines is 1. The molecule has 0 unspecified atom stereocenters. The molecule has 3 rings (SSSR count). The summed E-state index contributed by atoms with van der Waals surface area (Å²) in [6.07, 6.45) is 0. The lowest BCUT2D eigenvalue weighted by molar-refractivity contribution is 0.101. The van der Waals surface area contributed by atoms with Crippen molar-refractivity contribution in [2.24, 2.45) is 0 Å². The zero-order valence-electron chi connectivity index (χ0n) is 11.4. The Kier molecular flexibility index (Phi) is 2.99. The van der Waals surface area contributed by atoms with Gasteiger partial charge in [-0.25, -0.2) is 4.98 Å². The van der Waals surface area contributed by atoms with Crippen molar-refractivity contribution in [3.8, 4) is 0 Å². The number of carbonyl (C=O) groups excluding carboxylic acids is 1. The van der Waals surface area contributed by atoms with Crippen molar-refractivity contribution in [3.05, 3.63) is 53.6 Å². The van der Waals surface area contributed by atoms with E-state index in [2.05, 4.69) is 15.3 Å². The van der Waals surface area contributed by atoms with Gasteiger partial charge in [-0.05, 0) is 49.7 Å². The van der Waals surface area contributed by atoms with Crippen LogP contribution in [0, 0.1) is 6.92 Å². The van der Waals surface area contributed by atoms with E-state index < -0.39 is 0 Å². The number of rotatable bonds is 3. The van der Waals surface area contributed by atoms with Crippen LogP contribution < -0.4 is 5.32 Å². The Labute approximate surface area is 116 Å². The number of imidazole rings is 1. The van der Waals surface area contributed by atoms with Gasteiger partial charge in [-0.2, -0.15) is 0 Å². The number of nitrogens with one attached hydrogen (secondary N) is 2. The van der Waals surface area contributed by atoms with E-state index in [1.807, 2.05) is 37.3 Å². The number of benzene rings is 2. The number of carbonyl (C=O) groups is 1. The van der Waals surface area contributed by atoms with Crippen LogP contribution >= 0.6 is 0 Å². The van der Waals surface area contributed by atoms with Crippen LogP contribution in [-0.2, 0) is 0 Å². The Hall–Kier alpha value is -2.62. The smallest absolute Gasteiger partial charge is 0.205 e. The number of ketones is 1. The number of Topliss-reactive ketones (excluding diaryl/α,β-unsaturated/α-hetero) is 1. The van der Waals surface area contributed by atoms with Crippen molar-refractivity contribution in [2.45, 2.75) is 13.8 Å². The lowest BCUT2D eigenvalue weighted by atomic mass is 10.1. The summed E-state index contributed by atoms with van der Waals surface area (Å²) in [7, 11) is 0. The molecule has 0 saturated heterocycles. The number of aromatic nitrogens is 2. The van der Waals surface area contributed by atoms with Gasteiger partial charge in [0.2, 0.25) is 5.95 Å². The summed E-state index contributed by atoms with van der Waals surface area (Å²) < 4.78 is 0. The van der Waals surface area contributed by atoms with Gasteiger partial charge >= 0.3 is 0 Å². The van der Waals surface area contributed by atoms with Crippen LogP contribution in [0.5, 0.6) is 0 Å². The van der Waals surface area contributed by atoms with Crippen LogP contribution in [0.2, 0.25) is 0 Å². The third-order valence-corrected chi connectivity index (χ3v) is 3.27. The SMILES string of the molecule is CC(=O)c1ccc(Nc2nc3c(C)cccc3[nH]2)cc1. The quantitative estimate of drug-likeness (QED) is 0.708. The summed E-state index contributed by atoms with van der Waals surface area (Å²) in [5, 5.41) is 3.21. The van der Waals surface area contributed by atoms with Gasteiger partial charge in [0, 0.05) is 11.3 Å². The van der Waals surface area contributed by atoms with Crippen molar-refractivity contribution < 1.29 is 4.79 Å². The highest BCUT2D eigenvalue weighted by molar-refractivity contribution is 5.94. The van der Waals surface area contributed by atoms with Crippen LogP contribution in [0.3, 0.4) is 0 Å². The van der Waals surface area contributed by atoms with Crippen LogP contribution in [-0.4, -0.2) is 15.8 Å². The molecule has 100 valence electrons. The standard InChI is InChI=1S/C16H15N3O/c1-10-4-3-5-14-15(10)19-16(18-14)17-13-8-6-12(7-9-13)11(2)20/h3-9H,1-2H3,(H2,17,18,19). The average Bonchev–Trinajstić information content (AvgIpc) is 2.83. The van der Waals surface area contributed by atoms with Crippen molar-refractivity contribution in [2.75, 3.05) is 5.32 Å². The summed E-state index contributed by atoms with van der Waals surface area (Å²) in [6, 6.07) is 13.4. The van der Waals surface area contributed by atoms with E-state index in [1.165, 1.54) is 0 Å². The van der Waals surface area contributed by atoms with E-state index in [-0.39, 0.29) is 5.78 Å². The van der Waals surface area contributed by atoms with Gasteiger partial charge in [-0.15, -0.1) is 0 Å². The molecule has 0 aliphatic heterocycles. The monoisotopic (exact) mass is 265 g/mol. The maximum Gasteiger partial charge on any atom is 0.205 e. The van der Waals surface area contributed by atoms with Crippen molar-refractivity contribution in [1.82, 2.24) is 9.97 Å². The maximum atomic E-state index is 11.2. The van der Waals surface area contributed by atoms with Gasteiger partial charge in [-0.1, -0.05) is 12.1 Å². The average molecular weight is 265 g/mol. The van der Waals surface area contributed by atoms with Crippen LogP contribution in [0.15, 0.2) is 42.5 Å². The number of fused-ring (bicyclic) bond motifs is 1. The Morgan fingerprint density at radius 2 is 1.90 bits per heavy atom. The minimum absolute atomic E-state index is 0.0657. The first-order chi connectivity index (χ1) is 9.63. The molecular formula is C16H15N3O. The summed E-state index contributed by atoms with van der Waals surface area (Å²) in [5.41, 5.74) is 4.71. The summed E-state index contributed by atoms with van der Waals surface area (Å²) >= 11 is 0. The molecule has 4 nitrogen and oxygen atoms in total. The molecule has 0 saturated carbocycles. The molecule has 2 N–H and O–H groups in total.